The molecule has 7 nitrogen and oxygen atoms in total. The van der Waals surface area contributed by atoms with Crippen molar-refractivity contribution in [3.05, 3.63) is 32.8 Å². The van der Waals surface area contributed by atoms with E-state index < -0.39 is 4.92 Å². The number of carbonyl (C=O) groups excluding carboxylic acids is 1. The van der Waals surface area contributed by atoms with Crippen LogP contribution in [0.3, 0.4) is 0 Å². The molecule has 114 valence electrons. The number of anilines is 1. The summed E-state index contributed by atoms with van der Waals surface area (Å²) >= 11 is 3.12. The zero-order valence-corrected chi connectivity index (χ0v) is 13.1. The lowest BCUT2D eigenvalue weighted by molar-refractivity contribution is -0.385. The lowest BCUT2D eigenvalue weighted by Gasteiger charge is -2.18. The monoisotopic (exact) mass is 356 g/mol. The standard InChI is InChI=1S/C13H17BrN4O3/c14-11-3-2-10(8-12(11)18(20)21)16-13(19)9-17-6-1-4-15-5-7-17/h2-3,8,15H,1,4-7,9H2,(H,16,19). The fourth-order valence-corrected chi connectivity index (χ4v) is 2.59. The smallest absolute Gasteiger partial charge is 0.285 e. The molecule has 1 heterocycles. The maximum absolute atomic E-state index is 12.0. The summed E-state index contributed by atoms with van der Waals surface area (Å²) in [7, 11) is 0. The van der Waals surface area contributed by atoms with Crippen LogP contribution < -0.4 is 10.6 Å². The highest BCUT2D eigenvalue weighted by Gasteiger charge is 2.15. The third kappa shape index (κ3) is 4.76. The van der Waals surface area contributed by atoms with Crippen LogP contribution in [0.15, 0.2) is 22.7 Å². The summed E-state index contributed by atoms with van der Waals surface area (Å²) in [5, 5.41) is 16.8. The normalized spacial score (nSPS) is 16.2. The highest BCUT2D eigenvalue weighted by atomic mass is 79.9. The van der Waals surface area contributed by atoms with Crippen molar-refractivity contribution in [1.82, 2.24) is 10.2 Å². The van der Waals surface area contributed by atoms with Gasteiger partial charge in [-0.1, -0.05) is 0 Å². The molecule has 1 amide bonds. The van der Waals surface area contributed by atoms with E-state index in [0.717, 1.165) is 32.6 Å². The first-order valence-corrected chi connectivity index (χ1v) is 7.52. The topological polar surface area (TPSA) is 87.5 Å². The van der Waals surface area contributed by atoms with Crippen molar-refractivity contribution in [2.24, 2.45) is 0 Å². The van der Waals surface area contributed by atoms with Gasteiger partial charge in [0.05, 0.1) is 15.9 Å². The van der Waals surface area contributed by atoms with Gasteiger partial charge in [-0.15, -0.1) is 0 Å². The van der Waals surface area contributed by atoms with Crippen molar-refractivity contribution in [1.29, 1.82) is 0 Å². The van der Waals surface area contributed by atoms with E-state index >= 15 is 0 Å². The number of rotatable bonds is 4. The number of nitro benzene ring substituents is 1. The van der Waals surface area contributed by atoms with E-state index in [9.17, 15) is 14.9 Å². The number of halogens is 1. The van der Waals surface area contributed by atoms with Gasteiger partial charge in [-0.05, 0) is 47.6 Å². The van der Waals surface area contributed by atoms with E-state index in [1.807, 2.05) is 0 Å². The summed E-state index contributed by atoms with van der Waals surface area (Å²) in [6.07, 6.45) is 1.01. The van der Waals surface area contributed by atoms with E-state index in [-0.39, 0.29) is 11.6 Å². The summed E-state index contributed by atoms with van der Waals surface area (Å²) in [6, 6.07) is 4.55. The zero-order valence-electron chi connectivity index (χ0n) is 11.5. The predicted molar refractivity (Wildman–Crippen MR) is 83.4 cm³/mol. The molecule has 0 spiro atoms. The number of amides is 1. The Kier molecular flexibility index (Phi) is 5.66. The Balaban J connectivity index is 1.95. The maximum Gasteiger partial charge on any atom is 0.285 e. The van der Waals surface area contributed by atoms with Gasteiger partial charge in [0.15, 0.2) is 0 Å². The molecule has 0 saturated carbocycles. The van der Waals surface area contributed by atoms with E-state index in [4.69, 9.17) is 0 Å². The fraction of sp³-hybridized carbons (Fsp3) is 0.462. The Labute approximate surface area is 131 Å². The molecule has 1 aliphatic heterocycles. The summed E-state index contributed by atoms with van der Waals surface area (Å²) in [4.78, 5) is 24.5. The van der Waals surface area contributed by atoms with Crippen LogP contribution >= 0.6 is 15.9 Å². The number of nitro groups is 1. The molecular weight excluding hydrogens is 340 g/mol. The second-order valence-electron chi connectivity index (χ2n) is 4.85. The third-order valence-corrected chi connectivity index (χ3v) is 3.90. The van der Waals surface area contributed by atoms with Crippen LogP contribution in [0.2, 0.25) is 0 Å². The van der Waals surface area contributed by atoms with Gasteiger partial charge in [-0.3, -0.25) is 19.8 Å². The molecule has 2 rings (SSSR count). The van der Waals surface area contributed by atoms with Gasteiger partial charge in [0, 0.05) is 24.8 Å². The van der Waals surface area contributed by atoms with Crippen LogP contribution in [-0.4, -0.2) is 48.5 Å². The first kappa shape index (κ1) is 15.9. The van der Waals surface area contributed by atoms with Crippen molar-refractivity contribution in [2.75, 3.05) is 38.0 Å². The molecule has 0 aromatic heterocycles. The van der Waals surface area contributed by atoms with Crippen LogP contribution in [0.4, 0.5) is 11.4 Å². The summed E-state index contributed by atoms with van der Waals surface area (Å²) in [5.74, 6) is -0.159. The molecule has 0 radical (unpaired) electrons. The molecule has 21 heavy (non-hydrogen) atoms. The molecule has 1 aliphatic rings. The van der Waals surface area contributed by atoms with Crippen LogP contribution in [0.1, 0.15) is 6.42 Å². The van der Waals surface area contributed by atoms with Gasteiger partial charge in [-0.25, -0.2) is 0 Å². The number of carbonyl (C=O) groups is 1. The largest absolute Gasteiger partial charge is 0.325 e. The van der Waals surface area contributed by atoms with Crippen molar-refractivity contribution in [2.45, 2.75) is 6.42 Å². The van der Waals surface area contributed by atoms with Gasteiger partial charge in [0.1, 0.15) is 0 Å². The van der Waals surface area contributed by atoms with Crippen LogP contribution in [-0.2, 0) is 4.79 Å². The lowest BCUT2D eigenvalue weighted by atomic mass is 10.2. The van der Waals surface area contributed by atoms with Crippen LogP contribution in [0.25, 0.3) is 0 Å². The number of hydrogen-bond acceptors (Lipinski definition) is 5. The minimum atomic E-state index is -0.486. The Morgan fingerprint density at radius 1 is 1.43 bits per heavy atom. The molecule has 1 aromatic carbocycles. The second kappa shape index (κ2) is 7.48. The Morgan fingerprint density at radius 2 is 2.24 bits per heavy atom. The fourth-order valence-electron chi connectivity index (χ4n) is 2.19. The van der Waals surface area contributed by atoms with E-state index in [1.165, 1.54) is 6.07 Å². The molecule has 1 saturated heterocycles. The molecule has 0 bridgehead atoms. The molecule has 1 aromatic rings. The molecule has 1 fully saturated rings. The van der Waals surface area contributed by atoms with E-state index in [0.29, 0.717) is 16.7 Å². The third-order valence-electron chi connectivity index (χ3n) is 3.23. The predicted octanol–water partition coefficient (Wildman–Crippen LogP) is 1.59. The Hall–Kier alpha value is -1.51. The molecular formula is C13H17BrN4O3. The molecule has 8 heteroatoms. The van der Waals surface area contributed by atoms with Gasteiger partial charge in [-0.2, -0.15) is 0 Å². The van der Waals surface area contributed by atoms with Gasteiger partial charge in [0.2, 0.25) is 5.91 Å². The number of nitrogens with one attached hydrogen (secondary N) is 2. The highest BCUT2D eigenvalue weighted by Crippen LogP contribution is 2.27. The van der Waals surface area contributed by atoms with Gasteiger partial charge >= 0.3 is 0 Å². The Morgan fingerprint density at radius 3 is 3.00 bits per heavy atom. The molecule has 2 N–H and O–H groups in total. The molecule has 0 aliphatic carbocycles. The minimum Gasteiger partial charge on any atom is -0.325 e. The average Bonchev–Trinajstić information content (AvgIpc) is 2.69. The van der Waals surface area contributed by atoms with Crippen molar-refractivity contribution >= 4 is 33.2 Å². The average molecular weight is 357 g/mol. The summed E-state index contributed by atoms with van der Waals surface area (Å²) in [6.45, 7) is 3.84. The van der Waals surface area contributed by atoms with Gasteiger partial charge < -0.3 is 10.6 Å². The van der Waals surface area contributed by atoms with Gasteiger partial charge in [0.25, 0.3) is 5.69 Å². The van der Waals surface area contributed by atoms with Crippen molar-refractivity contribution in [3.8, 4) is 0 Å². The number of benzene rings is 1. The highest BCUT2D eigenvalue weighted by molar-refractivity contribution is 9.10. The maximum atomic E-state index is 12.0. The van der Waals surface area contributed by atoms with Crippen LogP contribution in [0.5, 0.6) is 0 Å². The SMILES string of the molecule is O=C(CN1CCCNCC1)Nc1ccc(Br)c([N+](=O)[O-])c1. The van der Waals surface area contributed by atoms with Crippen molar-refractivity contribution in [3.63, 3.8) is 0 Å². The lowest BCUT2D eigenvalue weighted by Crippen LogP contribution is -2.35. The summed E-state index contributed by atoms with van der Waals surface area (Å²) < 4.78 is 0.393. The first-order chi connectivity index (χ1) is 10.1. The summed E-state index contributed by atoms with van der Waals surface area (Å²) in [5.41, 5.74) is 0.370. The molecule has 0 unspecified atom stereocenters. The first-order valence-electron chi connectivity index (χ1n) is 6.73. The van der Waals surface area contributed by atoms with E-state index in [2.05, 4.69) is 31.5 Å². The second-order valence-corrected chi connectivity index (χ2v) is 5.71. The quantitative estimate of drug-likeness (QED) is 0.631. The Bertz CT molecular complexity index is 530. The number of nitrogens with zero attached hydrogens (tertiary/aromatic N) is 2. The zero-order chi connectivity index (χ0) is 15.2. The molecule has 0 atom stereocenters. The minimum absolute atomic E-state index is 0.0632. The van der Waals surface area contributed by atoms with Crippen LogP contribution in [0, 0.1) is 10.1 Å². The number of hydrogen-bond donors (Lipinski definition) is 2. The van der Waals surface area contributed by atoms with Crippen molar-refractivity contribution < 1.29 is 9.72 Å². The van der Waals surface area contributed by atoms with E-state index in [1.54, 1.807) is 12.1 Å².